The first-order valence-electron chi connectivity index (χ1n) is 4.87. The number of aromatic nitrogens is 1. The van der Waals surface area contributed by atoms with E-state index in [2.05, 4.69) is 17.1 Å². The second-order valence-corrected chi connectivity index (χ2v) is 4.40. The largest absolute Gasteiger partial charge is 0.370 e. The van der Waals surface area contributed by atoms with Gasteiger partial charge in [0.05, 0.1) is 23.9 Å². The van der Waals surface area contributed by atoms with Gasteiger partial charge in [0.1, 0.15) is 0 Å². The summed E-state index contributed by atoms with van der Waals surface area (Å²) < 4.78 is 5.56. The zero-order valence-electron chi connectivity index (χ0n) is 8.64. The summed E-state index contributed by atoms with van der Waals surface area (Å²) in [6.45, 7) is 3.25. The fourth-order valence-corrected chi connectivity index (χ4v) is 1.92. The van der Waals surface area contributed by atoms with E-state index in [1.165, 1.54) is 5.56 Å². The molecule has 1 aromatic carbocycles. The van der Waals surface area contributed by atoms with Gasteiger partial charge >= 0.3 is 0 Å². The van der Waals surface area contributed by atoms with Crippen LogP contribution in [0.3, 0.4) is 0 Å². The Morgan fingerprint density at radius 1 is 1.20 bits per heavy atom. The van der Waals surface area contributed by atoms with E-state index >= 15 is 0 Å². The molecule has 0 N–H and O–H groups in total. The topological polar surface area (TPSA) is 22.1 Å². The van der Waals surface area contributed by atoms with Gasteiger partial charge in [-0.2, -0.15) is 0 Å². The fraction of sp³-hybridized carbons (Fsp3) is 0.250. The molecule has 0 radical (unpaired) electrons. The number of benzene rings is 1. The van der Waals surface area contributed by atoms with Crippen LogP contribution in [0.15, 0.2) is 35.7 Å². The van der Waals surface area contributed by atoms with E-state index in [0.29, 0.717) is 13.2 Å². The molecule has 0 amide bonds. The first kappa shape index (κ1) is 10.3. The molecular formula is C12H13NOS. The highest BCUT2D eigenvalue weighted by atomic mass is 32.1. The van der Waals surface area contributed by atoms with Gasteiger partial charge in [-0.15, -0.1) is 11.3 Å². The van der Waals surface area contributed by atoms with Gasteiger partial charge in [0.2, 0.25) is 0 Å². The Hall–Kier alpha value is -1.19. The lowest BCUT2D eigenvalue weighted by Gasteiger charge is -2.01. The molecule has 0 saturated heterocycles. The first-order chi connectivity index (χ1) is 7.34. The molecule has 2 aromatic rings. The Morgan fingerprint density at radius 3 is 2.67 bits per heavy atom. The maximum Gasteiger partial charge on any atom is 0.0901 e. The summed E-state index contributed by atoms with van der Waals surface area (Å²) in [6.07, 6.45) is 0. The van der Waals surface area contributed by atoms with Crippen LogP contribution in [0.1, 0.15) is 16.3 Å². The molecule has 0 aliphatic heterocycles. The van der Waals surface area contributed by atoms with Crippen LogP contribution >= 0.6 is 11.3 Å². The summed E-state index contributed by atoms with van der Waals surface area (Å²) >= 11 is 1.66. The van der Waals surface area contributed by atoms with Gasteiger partial charge in [-0.25, -0.2) is 4.98 Å². The third-order valence-electron chi connectivity index (χ3n) is 2.03. The summed E-state index contributed by atoms with van der Waals surface area (Å²) in [5.74, 6) is 0. The normalized spacial score (nSPS) is 10.5. The number of ether oxygens (including phenoxy) is 1. The minimum absolute atomic E-state index is 0.596. The fourth-order valence-electron chi connectivity index (χ4n) is 1.32. The summed E-state index contributed by atoms with van der Waals surface area (Å²) in [6, 6.07) is 10.2. The van der Waals surface area contributed by atoms with Crippen LogP contribution in [0.4, 0.5) is 0 Å². The van der Waals surface area contributed by atoms with E-state index in [0.717, 1.165) is 10.7 Å². The van der Waals surface area contributed by atoms with Crippen molar-refractivity contribution in [1.82, 2.24) is 4.98 Å². The van der Waals surface area contributed by atoms with Crippen LogP contribution in [-0.2, 0) is 18.0 Å². The molecule has 0 unspecified atom stereocenters. The zero-order valence-corrected chi connectivity index (χ0v) is 9.46. The first-order valence-corrected chi connectivity index (χ1v) is 5.75. The molecule has 0 bridgehead atoms. The second kappa shape index (κ2) is 5.05. The average molecular weight is 219 g/mol. The molecule has 0 fully saturated rings. The van der Waals surface area contributed by atoms with E-state index in [-0.39, 0.29) is 0 Å². The molecule has 0 atom stereocenters. The Kier molecular flexibility index (Phi) is 3.48. The third-order valence-corrected chi connectivity index (χ3v) is 2.85. The van der Waals surface area contributed by atoms with E-state index in [9.17, 15) is 0 Å². The number of hydrogen-bond donors (Lipinski definition) is 0. The Balaban J connectivity index is 1.80. The van der Waals surface area contributed by atoms with Crippen LogP contribution in [-0.4, -0.2) is 4.98 Å². The monoisotopic (exact) mass is 219 g/mol. The van der Waals surface area contributed by atoms with Crippen molar-refractivity contribution in [3.8, 4) is 0 Å². The Morgan fingerprint density at radius 2 is 2.00 bits per heavy atom. The SMILES string of the molecule is Cc1nc(COCc2ccccc2)cs1. The molecule has 1 aromatic heterocycles. The number of nitrogens with zero attached hydrogens (tertiary/aromatic N) is 1. The molecule has 3 heteroatoms. The molecule has 0 aliphatic carbocycles. The molecule has 78 valence electrons. The highest BCUT2D eigenvalue weighted by Crippen LogP contribution is 2.10. The lowest BCUT2D eigenvalue weighted by Crippen LogP contribution is -1.94. The molecule has 2 nitrogen and oxygen atoms in total. The summed E-state index contributed by atoms with van der Waals surface area (Å²) in [4.78, 5) is 4.34. The smallest absolute Gasteiger partial charge is 0.0901 e. The number of rotatable bonds is 4. The van der Waals surface area contributed by atoms with Gasteiger partial charge in [0.25, 0.3) is 0 Å². The van der Waals surface area contributed by atoms with Gasteiger partial charge in [-0.05, 0) is 12.5 Å². The highest BCUT2D eigenvalue weighted by Gasteiger charge is 1.98. The van der Waals surface area contributed by atoms with Gasteiger partial charge in [-0.3, -0.25) is 0 Å². The minimum atomic E-state index is 0.596. The van der Waals surface area contributed by atoms with Crippen molar-refractivity contribution in [2.24, 2.45) is 0 Å². The number of hydrogen-bond acceptors (Lipinski definition) is 3. The molecule has 0 spiro atoms. The zero-order chi connectivity index (χ0) is 10.5. The van der Waals surface area contributed by atoms with E-state index in [1.807, 2.05) is 30.5 Å². The van der Waals surface area contributed by atoms with E-state index in [1.54, 1.807) is 11.3 Å². The predicted molar refractivity (Wildman–Crippen MR) is 61.8 cm³/mol. The van der Waals surface area contributed by atoms with E-state index < -0.39 is 0 Å². The van der Waals surface area contributed by atoms with E-state index in [4.69, 9.17) is 4.74 Å². The standard InChI is InChI=1S/C12H13NOS/c1-10-13-12(9-15-10)8-14-7-11-5-3-2-4-6-11/h2-6,9H,7-8H2,1H3. The molecule has 0 saturated carbocycles. The predicted octanol–water partition coefficient (Wildman–Crippen LogP) is 3.17. The van der Waals surface area contributed by atoms with Crippen LogP contribution in [0.25, 0.3) is 0 Å². The Bertz CT molecular complexity index is 411. The van der Waals surface area contributed by atoms with Gasteiger partial charge in [0, 0.05) is 5.38 Å². The van der Waals surface area contributed by atoms with Gasteiger partial charge in [-0.1, -0.05) is 30.3 Å². The lowest BCUT2D eigenvalue weighted by molar-refractivity contribution is 0.105. The number of aryl methyl sites for hydroxylation is 1. The molecular weight excluding hydrogens is 206 g/mol. The van der Waals surface area contributed by atoms with Crippen LogP contribution in [0.2, 0.25) is 0 Å². The van der Waals surface area contributed by atoms with Crippen molar-refractivity contribution < 1.29 is 4.74 Å². The van der Waals surface area contributed by atoms with Crippen molar-refractivity contribution in [1.29, 1.82) is 0 Å². The maximum atomic E-state index is 5.56. The third kappa shape index (κ3) is 3.15. The minimum Gasteiger partial charge on any atom is -0.370 e. The summed E-state index contributed by atoms with van der Waals surface area (Å²) in [5, 5.41) is 3.13. The van der Waals surface area contributed by atoms with Gasteiger partial charge in [0.15, 0.2) is 0 Å². The van der Waals surface area contributed by atoms with Crippen LogP contribution in [0.5, 0.6) is 0 Å². The van der Waals surface area contributed by atoms with Crippen molar-refractivity contribution in [2.45, 2.75) is 20.1 Å². The molecule has 15 heavy (non-hydrogen) atoms. The van der Waals surface area contributed by atoms with Crippen LogP contribution < -0.4 is 0 Å². The highest BCUT2D eigenvalue weighted by molar-refractivity contribution is 7.09. The Labute approximate surface area is 93.6 Å². The summed E-state index contributed by atoms with van der Waals surface area (Å²) in [5.41, 5.74) is 2.22. The molecule has 2 rings (SSSR count). The molecule has 0 aliphatic rings. The van der Waals surface area contributed by atoms with Gasteiger partial charge < -0.3 is 4.74 Å². The maximum absolute atomic E-state index is 5.56. The second-order valence-electron chi connectivity index (χ2n) is 3.34. The van der Waals surface area contributed by atoms with Crippen molar-refractivity contribution in [3.05, 3.63) is 52.0 Å². The van der Waals surface area contributed by atoms with Crippen molar-refractivity contribution in [2.75, 3.05) is 0 Å². The quantitative estimate of drug-likeness (QED) is 0.788. The average Bonchev–Trinajstić information content (AvgIpc) is 2.66. The van der Waals surface area contributed by atoms with Crippen molar-refractivity contribution in [3.63, 3.8) is 0 Å². The number of thiazole rings is 1. The summed E-state index contributed by atoms with van der Waals surface area (Å²) in [7, 11) is 0. The molecule has 1 heterocycles. The lowest BCUT2D eigenvalue weighted by atomic mass is 10.2. The van der Waals surface area contributed by atoms with Crippen LogP contribution in [0, 0.1) is 6.92 Å². The van der Waals surface area contributed by atoms with Crippen molar-refractivity contribution >= 4 is 11.3 Å².